The van der Waals surface area contributed by atoms with Crippen molar-refractivity contribution in [1.82, 2.24) is 10.0 Å². The van der Waals surface area contributed by atoms with Crippen molar-refractivity contribution in [3.63, 3.8) is 0 Å². The predicted octanol–water partition coefficient (Wildman–Crippen LogP) is 0.161. The third kappa shape index (κ3) is 4.00. The van der Waals surface area contributed by atoms with Crippen molar-refractivity contribution < 1.29 is 24.6 Å². The van der Waals surface area contributed by atoms with Crippen LogP contribution in [0.3, 0.4) is 0 Å². The van der Waals surface area contributed by atoms with Crippen molar-refractivity contribution in [2.45, 2.75) is 26.2 Å². The van der Waals surface area contributed by atoms with Gasteiger partial charge in [-0.3, -0.25) is 4.79 Å². The molecule has 0 saturated carbocycles. The summed E-state index contributed by atoms with van der Waals surface area (Å²) in [6.07, 6.45) is 0.592. The Balaban J connectivity index is 2.32. The van der Waals surface area contributed by atoms with Gasteiger partial charge in [0.1, 0.15) is 0 Å². The summed E-state index contributed by atoms with van der Waals surface area (Å²) in [6, 6.07) is 2.38. The quantitative estimate of drug-likeness (QED) is 0.673. The Kier molecular flexibility index (Phi) is 5.04. The Hall–Kier alpha value is -2.18. The summed E-state index contributed by atoms with van der Waals surface area (Å²) in [5, 5.41) is 21.1. The molecule has 0 aliphatic carbocycles. The van der Waals surface area contributed by atoms with E-state index in [1.165, 1.54) is 12.1 Å². The van der Waals surface area contributed by atoms with E-state index in [4.69, 9.17) is 4.84 Å². The number of aromatic nitrogens is 1. The number of carbonyl (C=O) groups is 2. The van der Waals surface area contributed by atoms with Crippen LogP contribution in [0, 0.1) is 0 Å². The Labute approximate surface area is 104 Å². The number of rotatable bonds is 6. The molecule has 1 amide bonds. The van der Waals surface area contributed by atoms with Crippen LogP contribution in [0.1, 0.15) is 26.2 Å². The van der Waals surface area contributed by atoms with Crippen molar-refractivity contribution >= 4 is 11.9 Å². The number of amides is 1. The number of nitrogens with one attached hydrogen (secondary N) is 1. The predicted molar refractivity (Wildman–Crippen MR) is 61.9 cm³/mol. The molecule has 0 bridgehead atoms. The van der Waals surface area contributed by atoms with Crippen molar-refractivity contribution in [1.29, 1.82) is 0 Å². The Morgan fingerprint density at radius 3 is 2.44 bits per heavy atom. The van der Waals surface area contributed by atoms with Gasteiger partial charge in [-0.05, 0) is 13.3 Å². The molecule has 100 valence electrons. The van der Waals surface area contributed by atoms with Crippen LogP contribution < -0.4 is 10.2 Å². The van der Waals surface area contributed by atoms with E-state index in [0.717, 1.165) is 0 Å². The van der Waals surface area contributed by atoms with E-state index in [9.17, 15) is 19.8 Å². The topological polar surface area (TPSA) is 101 Å². The van der Waals surface area contributed by atoms with E-state index >= 15 is 0 Å². The molecule has 0 aliphatic heterocycles. The summed E-state index contributed by atoms with van der Waals surface area (Å²) < 4.78 is 0.619. The fraction of sp³-hybridized carbons (Fsp3) is 0.455. The molecule has 0 unspecified atom stereocenters. The average Bonchev–Trinajstić information content (AvgIpc) is 2.61. The summed E-state index contributed by atoms with van der Waals surface area (Å²) in [4.78, 5) is 27.2. The van der Waals surface area contributed by atoms with Crippen LogP contribution in [0.2, 0.25) is 0 Å². The summed E-state index contributed by atoms with van der Waals surface area (Å²) >= 11 is 0. The number of aromatic hydroxyl groups is 2. The maximum atomic E-state index is 11.4. The largest absolute Gasteiger partial charge is 0.492 e. The van der Waals surface area contributed by atoms with Crippen molar-refractivity contribution in [3.05, 3.63) is 12.1 Å². The first kappa shape index (κ1) is 13.9. The van der Waals surface area contributed by atoms with E-state index in [0.29, 0.717) is 17.7 Å². The zero-order valence-corrected chi connectivity index (χ0v) is 10.0. The molecule has 3 N–H and O–H groups in total. The molecule has 0 spiro atoms. The van der Waals surface area contributed by atoms with Crippen LogP contribution in [0.15, 0.2) is 12.1 Å². The summed E-state index contributed by atoms with van der Waals surface area (Å²) in [5.74, 6) is -1.51. The van der Waals surface area contributed by atoms with Crippen molar-refractivity contribution in [2.24, 2.45) is 0 Å². The van der Waals surface area contributed by atoms with Gasteiger partial charge in [0, 0.05) is 31.5 Å². The van der Waals surface area contributed by atoms with Crippen molar-refractivity contribution in [3.8, 4) is 11.8 Å². The van der Waals surface area contributed by atoms with E-state index in [1.54, 1.807) is 0 Å². The third-order valence-electron chi connectivity index (χ3n) is 2.15. The third-order valence-corrected chi connectivity index (χ3v) is 2.15. The van der Waals surface area contributed by atoms with Gasteiger partial charge in [0.2, 0.25) is 17.7 Å². The highest BCUT2D eigenvalue weighted by molar-refractivity contribution is 5.77. The molecule has 0 aromatic carbocycles. The second kappa shape index (κ2) is 6.53. The van der Waals surface area contributed by atoms with E-state index in [-0.39, 0.29) is 30.5 Å². The lowest BCUT2D eigenvalue weighted by atomic mass is 10.2. The molecular formula is C11H16N2O5. The van der Waals surface area contributed by atoms with Crippen LogP contribution in [-0.2, 0) is 9.59 Å². The standard InChI is InChI=1S/C11H16N2O5/c1-2-12-8(14)4-3-5-11(17)18-13-9(15)6-7-10(13)16/h6-7,15-16H,2-5H2,1H3,(H,12,14). The number of hydrogen-bond acceptors (Lipinski definition) is 5. The summed E-state index contributed by atoms with van der Waals surface area (Å²) in [5.41, 5.74) is 0. The summed E-state index contributed by atoms with van der Waals surface area (Å²) in [6.45, 7) is 2.36. The van der Waals surface area contributed by atoms with E-state index < -0.39 is 5.97 Å². The Morgan fingerprint density at radius 1 is 1.28 bits per heavy atom. The highest BCUT2D eigenvalue weighted by Gasteiger charge is 2.12. The monoisotopic (exact) mass is 256 g/mol. The molecule has 7 nitrogen and oxygen atoms in total. The molecule has 1 rings (SSSR count). The number of carbonyl (C=O) groups excluding carboxylic acids is 2. The molecule has 0 aliphatic rings. The van der Waals surface area contributed by atoms with Crippen LogP contribution in [0.5, 0.6) is 11.8 Å². The lowest BCUT2D eigenvalue weighted by molar-refractivity contribution is -0.145. The minimum absolute atomic E-state index is 0.0220. The Morgan fingerprint density at radius 2 is 1.89 bits per heavy atom. The maximum Gasteiger partial charge on any atom is 0.333 e. The molecule has 1 aromatic rings. The zero-order valence-electron chi connectivity index (χ0n) is 10.0. The van der Waals surface area contributed by atoms with Gasteiger partial charge in [0.15, 0.2) is 0 Å². The number of nitrogens with zero attached hydrogens (tertiary/aromatic N) is 1. The SMILES string of the molecule is CCNC(=O)CCCC(=O)On1c(O)ccc1O. The van der Waals surface area contributed by atoms with Crippen LogP contribution in [-0.4, -0.2) is 33.4 Å². The van der Waals surface area contributed by atoms with Gasteiger partial charge >= 0.3 is 5.97 Å². The lowest BCUT2D eigenvalue weighted by Gasteiger charge is -2.06. The first-order chi connectivity index (χ1) is 8.54. The fourth-order valence-electron chi connectivity index (χ4n) is 1.32. The van der Waals surface area contributed by atoms with Gasteiger partial charge in [-0.2, -0.15) is 0 Å². The van der Waals surface area contributed by atoms with E-state index in [1.807, 2.05) is 6.92 Å². The first-order valence-corrected chi connectivity index (χ1v) is 5.62. The van der Waals surface area contributed by atoms with Gasteiger partial charge in [-0.25, -0.2) is 4.79 Å². The molecular weight excluding hydrogens is 240 g/mol. The maximum absolute atomic E-state index is 11.4. The minimum Gasteiger partial charge on any atom is -0.492 e. The highest BCUT2D eigenvalue weighted by Crippen LogP contribution is 2.18. The lowest BCUT2D eigenvalue weighted by Crippen LogP contribution is -2.23. The smallest absolute Gasteiger partial charge is 0.333 e. The molecule has 0 saturated heterocycles. The second-order valence-electron chi connectivity index (χ2n) is 3.61. The number of hydrogen-bond donors (Lipinski definition) is 3. The van der Waals surface area contributed by atoms with Gasteiger partial charge in [-0.15, -0.1) is 4.73 Å². The first-order valence-electron chi connectivity index (χ1n) is 5.62. The van der Waals surface area contributed by atoms with Crippen LogP contribution in [0.25, 0.3) is 0 Å². The van der Waals surface area contributed by atoms with Crippen molar-refractivity contribution in [2.75, 3.05) is 6.54 Å². The minimum atomic E-state index is -0.638. The zero-order chi connectivity index (χ0) is 13.5. The summed E-state index contributed by atoms with van der Waals surface area (Å²) in [7, 11) is 0. The van der Waals surface area contributed by atoms with Crippen LogP contribution >= 0.6 is 0 Å². The highest BCUT2D eigenvalue weighted by atomic mass is 16.7. The van der Waals surface area contributed by atoms with Gasteiger partial charge in [0.25, 0.3) is 0 Å². The Bertz CT molecular complexity index is 408. The second-order valence-corrected chi connectivity index (χ2v) is 3.61. The molecule has 1 heterocycles. The van der Waals surface area contributed by atoms with Crippen LogP contribution in [0.4, 0.5) is 0 Å². The fourth-order valence-corrected chi connectivity index (χ4v) is 1.32. The average molecular weight is 256 g/mol. The molecule has 0 radical (unpaired) electrons. The molecule has 0 fully saturated rings. The molecule has 7 heteroatoms. The van der Waals surface area contributed by atoms with Gasteiger partial charge in [-0.1, -0.05) is 0 Å². The van der Waals surface area contributed by atoms with Gasteiger partial charge < -0.3 is 20.4 Å². The van der Waals surface area contributed by atoms with E-state index in [2.05, 4.69) is 5.32 Å². The molecule has 18 heavy (non-hydrogen) atoms. The molecule has 1 aromatic heterocycles. The normalized spacial score (nSPS) is 10.1. The van der Waals surface area contributed by atoms with Gasteiger partial charge in [0.05, 0.1) is 0 Å². The molecule has 0 atom stereocenters.